The Balaban J connectivity index is 1.68. The van der Waals surface area contributed by atoms with Gasteiger partial charge in [0.1, 0.15) is 0 Å². The predicted molar refractivity (Wildman–Crippen MR) is 105 cm³/mol. The van der Waals surface area contributed by atoms with Gasteiger partial charge >= 0.3 is 0 Å². The molecule has 0 radical (unpaired) electrons. The third kappa shape index (κ3) is 3.83. The van der Waals surface area contributed by atoms with E-state index in [4.69, 9.17) is 0 Å². The standard InChI is InChI=1S/C19H17BrN4O2/c1-12-6-8-16(9-7-12)24-19(26)17(13(2)23-24)11-21-22-18(25)14-4-3-5-15(20)10-14/h3-11,21H,1-2H3,(H,22,25)/b17-11+. The summed E-state index contributed by atoms with van der Waals surface area (Å²) in [6, 6.07) is 14.5. The van der Waals surface area contributed by atoms with Gasteiger partial charge in [-0.05, 0) is 44.2 Å². The summed E-state index contributed by atoms with van der Waals surface area (Å²) >= 11 is 3.32. The van der Waals surface area contributed by atoms with Gasteiger partial charge in [-0.1, -0.05) is 39.7 Å². The summed E-state index contributed by atoms with van der Waals surface area (Å²) in [5.74, 6) is -0.561. The largest absolute Gasteiger partial charge is 0.305 e. The van der Waals surface area contributed by atoms with Gasteiger partial charge in [0.2, 0.25) is 0 Å². The maximum Gasteiger partial charge on any atom is 0.282 e. The molecule has 132 valence electrons. The number of aryl methyl sites for hydroxylation is 1. The minimum Gasteiger partial charge on any atom is -0.305 e. The Morgan fingerprint density at radius 2 is 1.88 bits per heavy atom. The molecular weight excluding hydrogens is 396 g/mol. The Hall–Kier alpha value is -2.93. The van der Waals surface area contributed by atoms with Crippen molar-refractivity contribution in [1.29, 1.82) is 0 Å². The molecule has 1 heterocycles. The molecule has 1 aliphatic rings. The molecule has 26 heavy (non-hydrogen) atoms. The highest BCUT2D eigenvalue weighted by Crippen LogP contribution is 2.23. The van der Waals surface area contributed by atoms with Crippen molar-refractivity contribution in [3.63, 3.8) is 0 Å². The van der Waals surface area contributed by atoms with Gasteiger partial charge < -0.3 is 5.43 Å². The summed E-state index contributed by atoms with van der Waals surface area (Å²) in [5, 5.41) is 5.64. The molecule has 2 N–H and O–H groups in total. The van der Waals surface area contributed by atoms with Crippen LogP contribution in [0.25, 0.3) is 0 Å². The average molecular weight is 413 g/mol. The van der Waals surface area contributed by atoms with E-state index >= 15 is 0 Å². The first kappa shape index (κ1) is 17.9. The van der Waals surface area contributed by atoms with Crippen molar-refractivity contribution >= 4 is 39.1 Å². The smallest absolute Gasteiger partial charge is 0.282 e. The van der Waals surface area contributed by atoms with Crippen LogP contribution in [-0.2, 0) is 4.79 Å². The molecule has 6 nitrogen and oxygen atoms in total. The van der Waals surface area contributed by atoms with Crippen molar-refractivity contribution in [2.75, 3.05) is 5.01 Å². The van der Waals surface area contributed by atoms with Crippen molar-refractivity contribution in [2.45, 2.75) is 13.8 Å². The number of nitrogens with one attached hydrogen (secondary N) is 2. The number of rotatable bonds is 4. The lowest BCUT2D eigenvalue weighted by Crippen LogP contribution is -2.34. The fourth-order valence-electron chi connectivity index (χ4n) is 2.42. The molecule has 0 aromatic heterocycles. The zero-order valence-corrected chi connectivity index (χ0v) is 15.9. The van der Waals surface area contributed by atoms with Crippen LogP contribution in [0.2, 0.25) is 0 Å². The van der Waals surface area contributed by atoms with E-state index in [2.05, 4.69) is 31.9 Å². The van der Waals surface area contributed by atoms with Crippen LogP contribution in [0.4, 0.5) is 5.69 Å². The zero-order chi connectivity index (χ0) is 18.7. The number of anilines is 1. The summed E-state index contributed by atoms with van der Waals surface area (Å²) in [5.41, 5.74) is 8.48. The highest BCUT2D eigenvalue weighted by atomic mass is 79.9. The van der Waals surface area contributed by atoms with Gasteiger partial charge in [-0.25, -0.2) is 0 Å². The molecule has 0 fully saturated rings. The third-order valence-corrected chi connectivity index (χ3v) is 4.32. The summed E-state index contributed by atoms with van der Waals surface area (Å²) in [7, 11) is 0. The number of benzene rings is 2. The van der Waals surface area contributed by atoms with Crippen LogP contribution in [-0.4, -0.2) is 17.5 Å². The number of nitrogens with zero attached hydrogens (tertiary/aromatic N) is 2. The molecule has 2 aromatic carbocycles. The van der Waals surface area contributed by atoms with E-state index in [1.54, 1.807) is 25.1 Å². The van der Waals surface area contributed by atoms with Crippen molar-refractivity contribution in [3.05, 3.63) is 75.9 Å². The van der Waals surface area contributed by atoms with E-state index in [-0.39, 0.29) is 11.8 Å². The number of halogens is 1. The number of hydrazine groups is 1. The predicted octanol–water partition coefficient (Wildman–Crippen LogP) is 3.30. The lowest BCUT2D eigenvalue weighted by molar-refractivity contribution is -0.114. The highest BCUT2D eigenvalue weighted by molar-refractivity contribution is 9.10. The first-order chi connectivity index (χ1) is 12.5. The molecule has 0 bridgehead atoms. The Morgan fingerprint density at radius 3 is 2.58 bits per heavy atom. The van der Waals surface area contributed by atoms with E-state index in [9.17, 15) is 9.59 Å². The monoisotopic (exact) mass is 412 g/mol. The number of hydrogen-bond donors (Lipinski definition) is 2. The van der Waals surface area contributed by atoms with Crippen LogP contribution in [0.5, 0.6) is 0 Å². The van der Waals surface area contributed by atoms with Crippen molar-refractivity contribution < 1.29 is 9.59 Å². The molecule has 0 aliphatic carbocycles. The second kappa shape index (κ2) is 7.53. The molecule has 0 saturated heterocycles. The summed E-state index contributed by atoms with van der Waals surface area (Å²) in [4.78, 5) is 24.7. The number of hydrogen-bond acceptors (Lipinski definition) is 4. The SMILES string of the molecule is CC1=NN(c2ccc(C)cc2)C(=O)/C1=C/NNC(=O)c1cccc(Br)c1. The molecular formula is C19H17BrN4O2. The van der Waals surface area contributed by atoms with E-state index in [1.165, 1.54) is 11.2 Å². The summed E-state index contributed by atoms with van der Waals surface area (Å²) in [6.07, 6.45) is 1.45. The number of amides is 2. The summed E-state index contributed by atoms with van der Waals surface area (Å²) in [6.45, 7) is 3.73. The number of carbonyl (C=O) groups excluding carboxylic acids is 2. The minimum absolute atomic E-state index is 0.254. The molecule has 2 amide bonds. The Kier molecular flexibility index (Phi) is 5.18. The lowest BCUT2D eigenvalue weighted by atomic mass is 10.2. The fourth-order valence-corrected chi connectivity index (χ4v) is 2.82. The molecule has 2 aromatic rings. The molecule has 0 unspecified atom stereocenters. The lowest BCUT2D eigenvalue weighted by Gasteiger charge is -2.12. The zero-order valence-electron chi connectivity index (χ0n) is 14.3. The summed E-state index contributed by atoms with van der Waals surface area (Å²) < 4.78 is 0.811. The number of carbonyl (C=O) groups is 2. The number of hydrazone groups is 1. The van der Waals surface area contributed by atoms with Gasteiger partial charge in [-0.3, -0.25) is 15.0 Å². The first-order valence-electron chi connectivity index (χ1n) is 7.94. The van der Waals surface area contributed by atoms with Gasteiger partial charge in [-0.15, -0.1) is 0 Å². The van der Waals surface area contributed by atoms with E-state index in [0.29, 0.717) is 22.5 Å². The van der Waals surface area contributed by atoms with Gasteiger partial charge in [0.25, 0.3) is 11.8 Å². The van der Waals surface area contributed by atoms with Crippen LogP contribution in [0.3, 0.4) is 0 Å². The first-order valence-corrected chi connectivity index (χ1v) is 8.73. The molecule has 3 rings (SSSR count). The second-order valence-corrected chi connectivity index (χ2v) is 6.72. The topological polar surface area (TPSA) is 73.8 Å². The fraction of sp³-hybridized carbons (Fsp3) is 0.105. The Morgan fingerprint density at radius 1 is 1.15 bits per heavy atom. The van der Waals surface area contributed by atoms with Crippen molar-refractivity contribution in [1.82, 2.24) is 10.9 Å². The van der Waals surface area contributed by atoms with Gasteiger partial charge in [0.15, 0.2) is 0 Å². The van der Waals surface area contributed by atoms with E-state index in [0.717, 1.165) is 10.0 Å². The normalized spacial score (nSPS) is 15.2. The maximum atomic E-state index is 12.6. The average Bonchev–Trinajstić information content (AvgIpc) is 2.90. The Labute approximate surface area is 159 Å². The van der Waals surface area contributed by atoms with Crippen LogP contribution in [0.15, 0.2) is 69.9 Å². The molecule has 0 atom stereocenters. The van der Waals surface area contributed by atoms with Gasteiger partial charge in [0.05, 0.1) is 17.0 Å². The van der Waals surface area contributed by atoms with Crippen molar-refractivity contribution in [3.8, 4) is 0 Å². The molecule has 0 saturated carbocycles. The van der Waals surface area contributed by atoms with Crippen LogP contribution < -0.4 is 15.9 Å². The molecule has 0 spiro atoms. The van der Waals surface area contributed by atoms with E-state index in [1.807, 2.05) is 37.3 Å². The third-order valence-electron chi connectivity index (χ3n) is 3.83. The second-order valence-electron chi connectivity index (χ2n) is 5.80. The quantitative estimate of drug-likeness (QED) is 0.597. The maximum absolute atomic E-state index is 12.6. The van der Waals surface area contributed by atoms with Gasteiger partial charge in [0, 0.05) is 16.2 Å². The minimum atomic E-state index is -0.307. The van der Waals surface area contributed by atoms with Crippen LogP contribution in [0.1, 0.15) is 22.8 Å². The highest BCUT2D eigenvalue weighted by Gasteiger charge is 2.28. The van der Waals surface area contributed by atoms with Crippen LogP contribution >= 0.6 is 15.9 Å². The Bertz CT molecular complexity index is 919. The van der Waals surface area contributed by atoms with Gasteiger partial charge in [-0.2, -0.15) is 10.1 Å². The van der Waals surface area contributed by atoms with Crippen LogP contribution in [0, 0.1) is 6.92 Å². The van der Waals surface area contributed by atoms with Crippen molar-refractivity contribution in [2.24, 2.45) is 5.10 Å². The van der Waals surface area contributed by atoms with E-state index < -0.39 is 0 Å². The molecule has 7 heteroatoms. The molecule has 1 aliphatic heterocycles.